The fourth-order valence-corrected chi connectivity index (χ4v) is 2.53. The summed E-state index contributed by atoms with van der Waals surface area (Å²) in [4.78, 5) is 8.29. The maximum atomic E-state index is 12.7. The molecular formula is C17H17ClF3N3. The van der Waals surface area contributed by atoms with Crippen molar-refractivity contribution in [1.29, 1.82) is 0 Å². The Hall–Kier alpha value is -2.08. The first kappa shape index (κ1) is 18.3. The molecule has 2 aromatic heterocycles. The highest BCUT2D eigenvalue weighted by atomic mass is 35.5. The molecular weight excluding hydrogens is 339 g/mol. The van der Waals surface area contributed by atoms with E-state index in [9.17, 15) is 13.2 Å². The average molecular weight is 356 g/mol. The number of alkyl halides is 3. The maximum absolute atomic E-state index is 12.7. The summed E-state index contributed by atoms with van der Waals surface area (Å²) in [7, 11) is 1.77. The second-order valence-electron chi connectivity index (χ2n) is 5.04. The van der Waals surface area contributed by atoms with Crippen LogP contribution in [0, 0.1) is 6.92 Å². The highest BCUT2D eigenvalue weighted by molar-refractivity contribution is 6.33. The number of imidazole rings is 1. The van der Waals surface area contributed by atoms with Crippen molar-refractivity contribution in [2.24, 2.45) is 7.05 Å². The van der Waals surface area contributed by atoms with Crippen LogP contribution in [0.15, 0.2) is 30.5 Å². The molecule has 0 atom stereocenters. The molecule has 0 spiro atoms. The lowest BCUT2D eigenvalue weighted by Crippen LogP contribution is -2.06. The van der Waals surface area contributed by atoms with Crippen molar-refractivity contribution in [2.75, 3.05) is 0 Å². The van der Waals surface area contributed by atoms with Crippen molar-refractivity contribution in [3.63, 3.8) is 0 Å². The number of pyridine rings is 1. The Labute approximate surface area is 143 Å². The number of fused-ring (bicyclic) bond motifs is 1. The summed E-state index contributed by atoms with van der Waals surface area (Å²) in [5.41, 5.74) is 2.00. The average Bonchev–Trinajstić information content (AvgIpc) is 2.84. The van der Waals surface area contributed by atoms with Crippen LogP contribution < -0.4 is 0 Å². The molecule has 0 N–H and O–H groups in total. The molecule has 0 aliphatic rings. The zero-order valence-electron chi connectivity index (χ0n) is 13.7. The Balaban J connectivity index is 0.00000100. The molecule has 0 aliphatic heterocycles. The van der Waals surface area contributed by atoms with Crippen LogP contribution in [0.3, 0.4) is 0 Å². The zero-order valence-corrected chi connectivity index (χ0v) is 14.5. The molecule has 0 aliphatic carbocycles. The Morgan fingerprint density at radius 2 is 1.79 bits per heavy atom. The van der Waals surface area contributed by atoms with Gasteiger partial charge in [-0.1, -0.05) is 31.5 Å². The Kier molecular flexibility index (Phi) is 5.18. The molecule has 0 saturated carbocycles. The summed E-state index contributed by atoms with van der Waals surface area (Å²) in [6.07, 6.45) is -3.70. The third kappa shape index (κ3) is 3.38. The second kappa shape index (κ2) is 6.81. The number of aromatic nitrogens is 3. The molecule has 3 aromatic rings. The molecule has 3 rings (SSSR count). The predicted octanol–water partition coefficient (Wildman–Crippen LogP) is 5.64. The van der Waals surface area contributed by atoms with Gasteiger partial charge in [0.15, 0.2) is 5.82 Å². The SMILES string of the molecule is CC.Cc1ccc2c(c1)nc(-c1ncc(C(F)(F)F)cc1Cl)n2C. The molecule has 0 saturated heterocycles. The second-order valence-corrected chi connectivity index (χ2v) is 5.45. The predicted molar refractivity (Wildman–Crippen MR) is 90.0 cm³/mol. The van der Waals surface area contributed by atoms with E-state index in [0.717, 1.165) is 28.9 Å². The molecule has 0 radical (unpaired) electrons. The lowest BCUT2D eigenvalue weighted by molar-refractivity contribution is -0.137. The van der Waals surface area contributed by atoms with Crippen LogP contribution in [0.5, 0.6) is 0 Å². The van der Waals surface area contributed by atoms with Crippen LogP contribution in [-0.4, -0.2) is 14.5 Å². The molecule has 7 heteroatoms. The van der Waals surface area contributed by atoms with E-state index in [1.54, 1.807) is 11.6 Å². The number of halogens is 4. The van der Waals surface area contributed by atoms with Crippen molar-refractivity contribution in [1.82, 2.24) is 14.5 Å². The third-order valence-electron chi connectivity index (χ3n) is 3.42. The summed E-state index contributed by atoms with van der Waals surface area (Å²) >= 11 is 5.98. The van der Waals surface area contributed by atoms with Crippen molar-refractivity contribution >= 4 is 22.6 Å². The molecule has 1 aromatic carbocycles. The molecule has 2 heterocycles. The van der Waals surface area contributed by atoms with Gasteiger partial charge in [0.1, 0.15) is 5.69 Å². The number of nitrogens with zero attached hydrogens (tertiary/aromatic N) is 3. The number of hydrogen-bond donors (Lipinski definition) is 0. The van der Waals surface area contributed by atoms with Gasteiger partial charge in [-0.3, -0.25) is 4.98 Å². The van der Waals surface area contributed by atoms with Gasteiger partial charge in [0.05, 0.1) is 21.6 Å². The van der Waals surface area contributed by atoms with Gasteiger partial charge < -0.3 is 4.57 Å². The first-order valence-electron chi connectivity index (χ1n) is 7.43. The number of benzene rings is 1. The molecule has 0 bridgehead atoms. The van der Waals surface area contributed by atoms with Gasteiger partial charge in [-0.05, 0) is 30.7 Å². The van der Waals surface area contributed by atoms with E-state index in [2.05, 4.69) is 9.97 Å². The van der Waals surface area contributed by atoms with Crippen LogP contribution in [0.25, 0.3) is 22.6 Å². The summed E-state index contributed by atoms with van der Waals surface area (Å²) < 4.78 is 39.8. The highest BCUT2D eigenvalue weighted by Gasteiger charge is 2.32. The number of aryl methyl sites for hydroxylation is 2. The third-order valence-corrected chi connectivity index (χ3v) is 3.70. The van der Waals surface area contributed by atoms with E-state index in [-0.39, 0.29) is 10.7 Å². The van der Waals surface area contributed by atoms with Crippen molar-refractivity contribution < 1.29 is 13.2 Å². The monoisotopic (exact) mass is 355 g/mol. The highest BCUT2D eigenvalue weighted by Crippen LogP contribution is 2.34. The van der Waals surface area contributed by atoms with Crippen molar-refractivity contribution in [3.8, 4) is 11.5 Å². The van der Waals surface area contributed by atoms with Crippen LogP contribution in [0.2, 0.25) is 5.02 Å². The molecule has 0 fully saturated rings. The molecule has 3 nitrogen and oxygen atoms in total. The lowest BCUT2D eigenvalue weighted by Gasteiger charge is -2.09. The quantitative estimate of drug-likeness (QED) is 0.565. The van der Waals surface area contributed by atoms with E-state index in [1.165, 1.54) is 0 Å². The standard InChI is InChI=1S/C15H11ClF3N3.C2H6/c1-8-3-4-12-11(5-8)21-14(22(12)2)13-10(16)6-9(7-20-13)15(17,18)19;1-2/h3-7H,1-2H3;1-2H3. The van der Waals surface area contributed by atoms with Gasteiger partial charge >= 0.3 is 6.18 Å². The van der Waals surface area contributed by atoms with Crippen LogP contribution in [-0.2, 0) is 13.2 Å². The minimum Gasteiger partial charge on any atom is -0.326 e. The summed E-state index contributed by atoms with van der Waals surface area (Å²) in [6, 6.07) is 6.61. The Morgan fingerprint density at radius 1 is 1.12 bits per heavy atom. The maximum Gasteiger partial charge on any atom is 0.417 e. The largest absolute Gasteiger partial charge is 0.417 e. The van der Waals surface area contributed by atoms with Crippen molar-refractivity contribution in [2.45, 2.75) is 26.9 Å². The van der Waals surface area contributed by atoms with E-state index in [4.69, 9.17) is 11.6 Å². The van der Waals surface area contributed by atoms with Gasteiger partial charge in [-0.25, -0.2) is 4.98 Å². The van der Waals surface area contributed by atoms with E-state index < -0.39 is 11.7 Å². The van der Waals surface area contributed by atoms with Gasteiger partial charge in [0.2, 0.25) is 0 Å². The fourth-order valence-electron chi connectivity index (χ4n) is 2.28. The van der Waals surface area contributed by atoms with Crippen molar-refractivity contribution in [3.05, 3.63) is 46.6 Å². The van der Waals surface area contributed by atoms with Crippen LogP contribution in [0.4, 0.5) is 13.2 Å². The zero-order chi connectivity index (χ0) is 18.1. The summed E-state index contributed by atoms with van der Waals surface area (Å²) in [5, 5.41) is -0.0787. The smallest absolute Gasteiger partial charge is 0.326 e. The molecule has 0 amide bonds. The van der Waals surface area contributed by atoms with E-state index in [1.807, 2.05) is 39.0 Å². The molecule has 128 valence electrons. The van der Waals surface area contributed by atoms with Gasteiger partial charge in [0.25, 0.3) is 0 Å². The van der Waals surface area contributed by atoms with E-state index in [0.29, 0.717) is 5.82 Å². The normalized spacial score (nSPS) is 11.3. The molecule has 0 unspecified atom stereocenters. The number of hydrogen-bond acceptors (Lipinski definition) is 2. The topological polar surface area (TPSA) is 30.7 Å². The lowest BCUT2D eigenvalue weighted by atomic mass is 10.2. The summed E-state index contributed by atoms with van der Waals surface area (Å²) in [6.45, 7) is 5.94. The minimum atomic E-state index is -4.47. The Morgan fingerprint density at radius 3 is 2.38 bits per heavy atom. The van der Waals surface area contributed by atoms with Gasteiger partial charge in [-0.15, -0.1) is 0 Å². The first-order valence-corrected chi connectivity index (χ1v) is 7.81. The van der Waals surface area contributed by atoms with Crippen LogP contribution in [0.1, 0.15) is 25.0 Å². The molecule has 24 heavy (non-hydrogen) atoms. The van der Waals surface area contributed by atoms with Gasteiger partial charge in [0, 0.05) is 13.2 Å². The van der Waals surface area contributed by atoms with E-state index >= 15 is 0 Å². The summed E-state index contributed by atoms with van der Waals surface area (Å²) in [5.74, 6) is 0.430. The Bertz CT molecular complexity index is 869. The van der Waals surface area contributed by atoms with Gasteiger partial charge in [-0.2, -0.15) is 13.2 Å². The number of rotatable bonds is 1. The fraction of sp³-hybridized carbons (Fsp3) is 0.294. The van der Waals surface area contributed by atoms with Crippen LogP contribution >= 0.6 is 11.6 Å². The first-order chi connectivity index (χ1) is 11.3. The minimum absolute atomic E-state index is 0.0787.